The second-order valence-electron chi connectivity index (χ2n) is 9.70. The van der Waals surface area contributed by atoms with E-state index >= 15 is 0 Å². The van der Waals surface area contributed by atoms with Gasteiger partial charge in [-0.2, -0.15) is 11.8 Å². The number of nitrogens with zero attached hydrogens (tertiary/aromatic N) is 2. The first-order valence-electron chi connectivity index (χ1n) is 14.0. The summed E-state index contributed by atoms with van der Waals surface area (Å²) in [7, 11) is 0. The third-order valence-corrected chi connectivity index (χ3v) is 8.35. The Labute approximate surface area is 238 Å². The number of thioether (sulfide) groups is 1. The summed E-state index contributed by atoms with van der Waals surface area (Å²) in [6.45, 7) is 4.74. The third kappa shape index (κ3) is 10.2. The Kier molecular flexibility index (Phi) is 14.0. The average Bonchev–Trinajstić information content (AvgIpc) is 3.57. The first-order valence-corrected chi connectivity index (χ1v) is 15.1. The summed E-state index contributed by atoms with van der Waals surface area (Å²) < 4.78 is 20.9. The summed E-state index contributed by atoms with van der Waals surface area (Å²) in [6.07, 6.45) is 3.61. The smallest absolute Gasteiger partial charge is 0.430 e. The number of unbranched alkanes of at least 4 members (excludes halogenated alkanes) is 1. The van der Waals surface area contributed by atoms with E-state index in [1.165, 1.54) is 0 Å². The lowest BCUT2D eigenvalue weighted by Crippen LogP contribution is -2.40. The molecular formula is C26H41N3O10S. The van der Waals surface area contributed by atoms with Crippen LogP contribution in [0, 0.1) is 0 Å². The number of hydroxylamine groups is 2. The van der Waals surface area contributed by atoms with Crippen molar-refractivity contribution in [2.75, 3.05) is 58.5 Å². The fourth-order valence-electron chi connectivity index (χ4n) is 4.86. The van der Waals surface area contributed by atoms with Crippen molar-refractivity contribution < 1.29 is 47.8 Å². The minimum atomic E-state index is -1.14. The zero-order valence-electron chi connectivity index (χ0n) is 23.1. The maximum Gasteiger partial charge on any atom is 0.534 e. The van der Waals surface area contributed by atoms with Gasteiger partial charge in [-0.15, -0.1) is 0 Å². The van der Waals surface area contributed by atoms with Crippen LogP contribution in [0.2, 0.25) is 0 Å². The molecule has 0 aromatic rings. The lowest BCUT2D eigenvalue weighted by atomic mass is 10.0. The highest BCUT2D eigenvalue weighted by molar-refractivity contribution is 8.00. The van der Waals surface area contributed by atoms with Crippen LogP contribution in [-0.4, -0.2) is 116 Å². The molecule has 3 heterocycles. The summed E-state index contributed by atoms with van der Waals surface area (Å²) in [5, 5.41) is 3.95. The zero-order valence-corrected chi connectivity index (χ0v) is 24.0. The van der Waals surface area contributed by atoms with Gasteiger partial charge in [0.05, 0.1) is 45.1 Å². The van der Waals surface area contributed by atoms with Crippen molar-refractivity contribution in [2.45, 2.75) is 75.6 Å². The van der Waals surface area contributed by atoms with Crippen LogP contribution in [0.1, 0.15) is 58.3 Å². The van der Waals surface area contributed by atoms with Gasteiger partial charge in [-0.3, -0.25) is 19.2 Å². The van der Waals surface area contributed by atoms with E-state index in [1.807, 2.05) is 23.6 Å². The van der Waals surface area contributed by atoms with Gasteiger partial charge in [0.1, 0.15) is 12.4 Å². The molecule has 0 aliphatic carbocycles. The fourth-order valence-corrected chi connectivity index (χ4v) is 6.46. The number of ether oxygens (including phenoxy) is 4. The van der Waals surface area contributed by atoms with E-state index in [4.69, 9.17) is 18.9 Å². The Balaban J connectivity index is 1.05. The van der Waals surface area contributed by atoms with E-state index in [1.54, 1.807) is 0 Å². The van der Waals surface area contributed by atoms with Crippen molar-refractivity contribution in [1.29, 1.82) is 0 Å². The molecule has 3 rings (SSSR count). The highest BCUT2D eigenvalue weighted by atomic mass is 32.2. The molecule has 3 aliphatic rings. The Bertz CT molecular complexity index is 860. The number of carbonyl (C=O) groups excluding carboxylic acids is 5. The highest BCUT2D eigenvalue weighted by Gasteiger charge is 2.47. The van der Waals surface area contributed by atoms with Crippen LogP contribution in [0.15, 0.2) is 0 Å². The Morgan fingerprint density at radius 1 is 0.875 bits per heavy atom. The molecule has 3 atom stereocenters. The van der Waals surface area contributed by atoms with Gasteiger partial charge in [-0.25, -0.2) is 9.59 Å². The normalized spacial score (nSPS) is 22.1. The molecule has 226 valence electrons. The quantitative estimate of drug-likeness (QED) is 0.0965. The molecule has 3 fully saturated rings. The molecule has 0 saturated carbocycles. The number of hydrogen-bond donors (Lipinski definition) is 1. The lowest BCUT2D eigenvalue weighted by Gasteiger charge is -2.26. The standard InChI is InChI=1S/C26H41N3O10S/c1-2-28-24-20(27-25(28)33)18-40-21(24)8-4-3-6-19(30)7-5-11-35-12-13-36-14-15-37-16-17-38-26(34)39-29-22(31)9-10-23(29)32/h20-21,24H,2-18H2,1H3,(H,27,33)/t20-,21-,24-/m0/s1. The molecule has 0 aromatic heterocycles. The topological polar surface area (TPSA) is 150 Å². The van der Waals surface area contributed by atoms with Crippen molar-refractivity contribution in [3.05, 3.63) is 0 Å². The van der Waals surface area contributed by atoms with E-state index < -0.39 is 18.0 Å². The van der Waals surface area contributed by atoms with Gasteiger partial charge in [0, 0.05) is 49.8 Å². The summed E-state index contributed by atoms with van der Waals surface area (Å²) in [5.74, 6) is 0.0906. The summed E-state index contributed by atoms with van der Waals surface area (Å²) in [5.41, 5.74) is 0. The van der Waals surface area contributed by atoms with Crippen molar-refractivity contribution in [3.8, 4) is 0 Å². The molecule has 0 bridgehead atoms. The summed E-state index contributed by atoms with van der Waals surface area (Å²) in [6, 6.07) is 0.602. The molecule has 1 N–H and O–H groups in total. The number of likely N-dealkylation sites (N-methyl/N-ethyl adjacent to an activating group) is 1. The molecule has 0 radical (unpaired) electrons. The molecule has 0 unspecified atom stereocenters. The predicted octanol–water partition coefficient (Wildman–Crippen LogP) is 2.06. The van der Waals surface area contributed by atoms with Crippen molar-refractivity contribution in [2.24, 2.45) is 0 Å². The highest BCUT2D eigenvalue weighted by Crippen LogP contribution is 2.37. The first-order chi connectivity index (χ1) is 19.4. The zero-order chi connectivity index (χ0) is 28.7. The van der Waals surface area contributed by atoms with Crippen LogP contribution in [0.5, 0.6) is 0 Å². The summed E-state index contributed by atoms with van der Waals surface area (Å²) >= 11 is 1.94. The van der Waals surface area contributed by atoms with Gasteiger partial charge >= 0.3 is 12.2 Å². The number of fused-ring (bicyclic) bond motifs is 1. The molecule has 3 aliphatic heterocycles. The molecule has 0 spiro atoms. The van der Waals surface area contributed by atoms with Gasteiger partial charge < -0.3 is 29.2 Å². The van der Waals surface area contributed by atoms with Crippen LogP contribution in [0.25, 0.3) is 0 Å². The molecular weight excluding hydrogens is 546 g/mol. The van der Waals surface area contributed by atoms with Crippen molar-refractivity contribution in [3.63, 3.8) is 0 Å². The molecule has 40 heavy (non-hydrogen) atoms. The molecule has 14 heteroatoms. The van der Waals surface area contributed by atoms with Gasteiger partial charge in [-0.05, 0) is 26.2 Å². The number of ketones is 1. The van der Waals surface area contributed by atoms with Crippen LogP contribution in [0.4, 0.5) is 9.59 Å². The monoisotopic (exact) mass is 587 g/mol. The van der Waals surface area contributed by atoms with E-state index in [2.05, 4.69) is 10.2 Å². The third-order valence-electron chi connectivity index (χ3n) is 6.86. The van der Waals surface area contributed by atoms with E-state index in [-0.39, 0.29) is 50.0 Å². The van der Waals surface area contributed by atoms with Crippen LogP contribution < -0.4 is 5.32 Å². The minimum Gasteiger partial charge on any atom is -0.430 e. The van der Waals surface area contributed by atoms with Crippen LogP contribution >= 0.6 is 11.8 Å². The number of imide groups is 1. The lowest BCUT2D eigenvalue weighted by molar-refractivity contribution is -0.177. The Morgan fingerprint density at radius 2 is 1.50 bits per heavy atom. The largest absolute Gasteiger partial charge is 0.534 e. The van der Waals surface area contributed by atoms with Gasteiger partial charge in [0.15, 0.2) is 0 Å². The van der Waals surface area contributed by atoms with Crippen LogP contribution in [0.3, 0.4) is 0 Å². The van der Waals surface area contributed by atoms with Crippen molar-refractivity contribution in [1.82, 2.24) is 15.3 Å². The summed E-state index contributed by atoms with van der Waals surface area (Å²) in [4.78, 5) is 64.8. The number of Topliss-reactive ketones (excluding diaryl/α,β-unsaturated/α-hetero) is 1. The van der Waals surface area contributed by atoms with Gasteiger partial charge in [0.25, 0.3) is 11.8 Å². The minimum absolute atomic E-state index is 0.0180. The molecule has 4 amide bonds. The second kappa shape index (κ2) is 17.4. The fraction of sp³-hybridized carbons (Fsp3) is 0.808. The number of amides is 4. The van der Waals surface area contributed by atoms with E-state index in [9.17, 15) is 24.0 Å². The number of urea groups is 1. The molecule has 3 saturated heterocycles. The average molecular weight is 588 g/mol. The maximum absolute atomic E-state index is 12.2. The van der Waals surface area contributed by atoms with Gasteiger partial charge in [0.2, 0.25) is 0 Å². The molecule has 13 nitrogen and oxygen atoms in total. The predicted molar refractivity (Wildman–Crippen MR) is 143 cm³/mol. The van der Waals surface area contributed by atoms with Crippen LogP contribution in [-0.2, 0) is 38.2 Å². The number of nitrogens with one attached hydrogen (secondary N) is 1. The van der Waals surface area contributed by atoms with Gasteiger partial charge in [-0.1, -0.05) is 11.5 Å². The number of hydrogen-bond acceptors (Lipinski definition) is 11. The Morgan fingerprint density at radius 3 is 2.17 bits per heavy atom. The second-order valence-corrected chi connectivity index (χ2v) is 11.0. The Hall–Kier alpha value is -2.42. The number of rotatable bonds is 20. The molecule has 0 aromatic carbocycles. The first kappa shape index (κ1) is 32.1. The SMILES string of the molecule is CCN1C(=O)N[C@H]2CS[C@@H](CCCCC(=O)CCCOCCOCCOCCOC(=O)ON3C(=O)CCC3=O)[C@H]21. The number of carbonyl (C=O) groups is 5. The van der Waals surface area contributed by atoms with E-state index in [0.29, 0.717) is 62.6 Å². The maximum atomic E-state index is 12.2. The van der Waals surface area contributed by atoms with Crippen molar-refractivity contribution >= 4 is 41.5 Å². The van der Waals surface area contributed by atoms with E-state index in [0.717, 1.165) is 31.6 Å².